The van der Waals surface area contributed by atoms with Crippen molar-refractivity contribution in [2.75, 3.05) is 6.61 Å². The van der Waals surface area contributed by atoms with E-state index in [0.717, 1.165) is 17.2 Å². The Morgan fingerprint density at radius 1 is 1.37 bits per heavy atom. The maximum absolute atomic E-state index is 11.9. The van der Waals surface area contributed by atoms with Gasteiger partial charge in [-0.05, 0) is 55.7 Å². The van der Waals surface area contributed by atoms with E-state index in [-0.39, 0.29) is 12.5 Å². The molecule has 1 N–H and O–H groups in total. The van der Waals surface area contributed by atoms with E-state index in [9.17, 15) is 4.79 Å². The van der Waals surface area contributed by atoms with Gasteiger partial charge in [-0.3, -0.25) is 4.79 Å². The molecule has 2 fully saturated rings. The number of rotatable bonds is 4. The van der Waals surface area contributed by atoms with Crippen LogP contribution < -0.4 is 10.1 Å². The van der Waals surface area contributed by atoms with Crippen molar-refractivity contribution in [1.29, 1.82) is 0 Å². The normalized spacial score (nSPS) is 28.4. The summed E-state index contributed by atoms with van der Waals surface area (Å²) in [5.74, 6) is 2.35. The summed E-state index contributed by atoms with van der Waals surface area (Å²) in [5, 5.41) is 3.13. The van der Waals surface area contributed by atoms with Crippen molar-refractivity contribution in [3.8, 4) is 5.75 Å². The molecule has 3 atom stereocenters. The molecule has 1 amide bonds. The molecule has 0 aliphatic heterocycles. The average molecular weight is 259 g/mol. The minimum Gasteiger partial charge on any atom is -0.484 e. The summed E-state index contributed by atoms with van der Waals surface area (Å²) in [6, 6.07) is 8.19. The fraction of sp³-hybridized carbons (Fsp3) is 0.562. The summed E-state index contributed by atoms with van der Waals surface area (Å²) in [5.41, 5.74) is 1.14. The summed E-state index contributed by atoms with van der Waals surface area (Å²) in [4.78, 5) is 11.9. The number of benzene rings is 1. The molecule has 0 saturated heterocycles. The van der Waals surface area contributed by atoms with Crippen molar-refractivity contribution in [2.24, 2.45) is 11.8 Å². The molecule has 2 aliphatic carbocycles. The molecule has 0 aromatic heterocycles. The van der Waals surface area contributed by atoms with Gasteiger partial charge in [-0.25, -0.2) is 0 Å². The lowest BCUT2D eigenvalue weighted by atomic mass is 9.95. The zero-order chi connectivity index (χ0) is 13.2. The van der Waals surface area contributed by atoms with E-state index in [1.807, 2.05) is 31.2 Å². The van der Waals surface area contributed by atoms with Crippen molar-refractivity contribution in [1.82, 2.24) is 5.32 Å². The van der Waals surface area contributed by atoms with Crippen LogP contribution in [0, 0.1) is 18.8 Å². The van der Waals surface area contributed by atoms with Crippen LogP contribution in [0.1, 0.15) is 31.2 Å². The number of nitrogens with one attached hydrogen (secondary N) is 1. The van der Waals surface area contributed by atoms with Gasteiger partial charge >= 0.3 is 0 Å². The van der Waals surface area contributed by atoms with Crippen molar-refractivity contribution in [3.05, 3.63) is 29.8 Å². The SMILES string of the molecule is Cc1cccc(OCC(=O)N[C@H]2C[C@@H]3CC[C@@H]2C3)c1. The van der Waals surface area contributed by atoms with E-state index in [4.69, 9.17) is 4.74 Å². The van der Waals surface area contributed by atoms with Crippen molar-refractivity contribution in [3.63, 3.8) is 0 Å². The third-order valence-electron chi connectivity index (χ3n) is 4.44. The van der Waals surface area contributed by atoms with E-state index >= 15 is 0 Å². The second kappa shape index (κ2) is 5.24. The monoisotopic (exact) mass is 259 g/mol. The maximum Gasteiger partial charge on any atom is 0.258 e. The number of aryl methyl sites for hydroxylation is 1. The molecule has 0 spiro atoms. The van der Waals surface area contributed by atoms with Gasteiger partial charge in [0.15, 0.2) is 6.61 Å². The largest absolute Gasteiger partial charge is 0.484 e. The van der Waals surface area contributed by atoms with Gasteiger partial charge in [0.2, 0.25) is 0 Å². The van der Waals surface area contributed by atoms with Crippen LogP contribution in [0.15, 0.2) is 24.3 Å². The van der Waals surface area contributed by atoms with Crippen molar-refractivity contribution in [2.45, 2.75) is 38.6 Å². The smallest absolute Gasteiger partial charge is 0.258 e. The summed E-state index contributed by atoms with van der Waals surface area (Å²) in [6.07, 6.45) is 5.12. The second-order valence-corrected chi connectivity index (χ2v) is 5.95. The van der Waals surface area contributed by atoms with E-state index in [2.05, 4.69) is 5.32 Å². The first kappa shape index (κ1) is 12.5. The minimum absolute atomic E-state index is 0.0130. The van der Waals surface area contributed by atoms with Crippen LogP contribution in [-0.4, -0.2) is 18.6 Å². The van der Waals surface area contributed by atoms with Gasteiger partial charge in [0, 0.05) is 6.04 Å². The molecule has 3 heteroatoms. The van der Waals surface area contributed by atoms with E-state index in [1.54, 1.807) is 0 Å². The minimum atomic E-state index is 0.0130. The van der Waals surface area contributed by atoms with Crippen molar-refractivity contribution >= 4 is 5.91 Å². The molecule has 102 valence electrons. The van der Waals surface area contributed by atoms with Gasteiger partial charge < -0.3 is 10.1 Å². The highest BCUT2D eigenvalue weighted by molar-refractivity contribution is 5.78. The number of carbonyl (C=O) groups is 1. The number of carbonyl (C=O) groups excluding carboxylic acids is 1. The Morgan fingerprint density at radius 2 is 2.26 bits per heavy atom. The molecule has 3 rings (SSSR count). The second-order valence-electron chi connectivity index (χ2n) is 5.95. The summed E-state index contributed by atoms with van der Waals surface area (Å²) in [7, 11) is 0. The molecule has 1 aromatic rings. The van der Waals surface area contributed by atoms with Gasteiger partial charge in [0.25, 0.3) is 5.91 Å². The summed E-state index contributed by atoms with van der Waals surface area (Å²) >= 11 is 0. The molecule has 2 bridgehead atoms. The Labute approximate surface area is 114 Å². The number of amides is 1. The lowest BCUT2D eigenvalue weighted by Crippen LogP contribution is -2.40. The van der Waals surface area contributed by atoms with Gasteiger partial charge in [-0.15, -0.1) is 0 Å². The Kier molecular flexibility index (Phi) is 3.45. The zero-order valence-electron chi connectivity index (χ0n) is 11.4. The summed E-state index contributed by atoms with van der Waals surface area (Å²) < 4.78 is 5.53. The highest BCUT2D eigenvalue weighted by atomic mass is 16.5. The Balaban J connectivity index is 1.47. The molecule has 2 aliphatic rings. The Bertz CT molecular complexity index is 472. The number of ether oxygens (including phenoxy) is 1. The lowest BCUT2D eigenvalue weighted by Gasteiger charge is -2.22. The van der Waals surface area contributed by atoms with E-state index in [0.29, 0.717) is 12.0 Å². The van der Waals surface area contributed by atoms with Crippen LogP contribution in [-0.2, 0) is 4.79 Å². The van der Waals surface area contributed by atoms with Crippen molar-refractivity contribution < 1.29 is 9.53 Å². The molecule has 0 unspecified atom stereocenters. The first-order valence-corrected chi connectivity index (χ1v) is 7.19. The van der Waals surface area contributed by atoms with Crippen LogP contribution in [0.3, 0.4) is 0 Å². The predicted octanol–water partition coefficient (Wildman–Crippen LogP) is 2.68. The van der Waals surface area contributed by atoms with Gasteiger partial charge in [-0.1, -0.05) is 18.6 Å². The highest BCUT2D eigenvalue weighted by Crippen LogP contribution is 2.44. The molecule has 19 heavy (non-hydrogen) atoms. The number of fused-ring (bicyclic) bond motifs is 2. The Morgan fingerprint density at radius 3 is 2.95 bits per heavy atom. The molecule has 3 nitrogen and oxygen atoms in total. The first-order valence-electron chi connectivity index (χ1n) is 7.19. The third-order valence-corrected chi connectivity index (χ3v) is 4.44. The highest BCUT2D eigenvalue weighted by Gasteiger charge is 2.40. The van der Waals surface area contributed by atoms with Crippen LogP contribution in [0.25, 0.3) is 0 Å². The van der Waals surface area contributed by atoms with Crippen LogP contribution in [0.5, 0.6) is 5.75 Å². The molecular weight excluding hydrogens is 238 g/mol. The standard InChI is InChI=1S/C16H21NO2/c1-11-3-2-4-14(7-11)19-10-16(18)17-15-9-12-5-6-13(15)8-12/h2-4,7,12-13,15H,5-6,8-10H2,1H3,(H,17,18)/t12-,13-,15+/m1/s1. The van der Waals surface area contributed by atoms with Crippen LogP contribution >= 0.6 is 0 Å². The first-order chi connectivity index (χ1) is 9.20. The van der Waals surface area contributed by atoms with Gasteiger partial charge in [0.05, 0.1) is 0 Å². The fourth-order valence-electron chi connectivity index (χ4n) is 3.52. The average Bonchev–Trinajstić information content (AvgIpc) is 2.99. The molecule has 0 heterocycles. The third kappa shape index (κ3) is 2.91. The molecule has 2 saturated carbocycles. The topological polar surface area (TPSA) is 38.3 Å². The van der Waals surface area contributed by atoms with Crippen LogP contribution in [0.2, 0.25) is 0 Å². The quantitative estimate of drug-likeness (QED) is 0.902. The molecular formula is C16H21NO2. The maximum atomic E-state index is 11.9. The Hall–Kier alpha value is -1.51. The number of hydrogen-bond acceptors (Lipinski definition) is 2. The molecule has 0 radical (unpaired) electrons. The van der Waals surface area contributed by atoms with Crippen LogP contribution in [0.4, 0.5) is 0 Å². The zero-order valence-corrected chi connectivity index (χ0v) is 11.4. The van der Waals surface area contributed by atoms with E-state index in [1.165, 1.54) is 25.7 Å². The summed E-state index contributed by atoms with van der Waals surface area (Å²) in [6.45, 7) is 2.14. The fourth-order valence-corrected chi connectivity index (χ4v) is 3.52. The lowest BCUT2D eigenvalue weighted by molar-refractivity contribution is -0.124. The predicted molar refractivity (Wildman–Crippen MR) is 74.1 cm³/mol. The van der Waals surface area contributed by atoms with Gasteiger partial charge in [0.1, 0.15) is 5.75 Å². The molecule has 1 aromatic carbocycles. The van der Waals surface area contributed by atoms with E-state index < -0.39 is 0 Å². The van der Waals surface area contributed by atoms with Gasteiger partial charge in [-0.2, -0.15) is 0 Å². The number of hydrogen-bond donors (Lipinski definition) is 1.